The molecule has 0 aliphatic carbocycles. The lowest BCUT2D eigenvalue weighted by molar-refractivity contribution is 0.568. The van der Waals surface area contributed by atoms with Crippen LogP contribution >= 0.6 is 11.3 Å². The van der Waals surface area contributed by atoms with E-state index in [-0.39, 0.29) is 12.1 Å². The van der Waals surface area contributed by atoms with Gasteiger partial charge in [-0.25, -0.2) is 8.78 Å². The summed E-state index contributed by atoms with van der Waals surface area (Å²) >= 11 is -0.503. The number of nitrogens with zero attached hydrogens (tertiary/aromatic N) is 2. The van der Waals surface area contributed by atoms with Gasteiger partial charge in [-0.05, 0) is 37.6 Å². The predicted octanol–water partition coefficient (Wildman–Crippen LogP) is 2.98. The standard InChI is InChI=1S/C15H14F2N4OS2/c1-7-8(2)20-21-14-12(7)13(18)15(23-14)24(22)19-6-9-5-10(16)3-4-11(9)17/h3-5,19H,6,18H2,1-2H3. The minimum atomic E-state index is -1.67. The number of rotatable bonds is 4. The average Bonchev–Trinajstić information content (AvgIpc) is 2.89. The molecule has 1 aromatic carbocycles. The smallest absolute Gasteiger partial charge is 0.253 e. The first kappa shape index (κ1) is 17.0. The highest BCUT2D eigenvalue weighted by atomic mass is 32.2. The Kier molecular flexibility index (Phi) is 4.68. The Morgan fingerprint density at radius 2 is 2.04 bits per heavy atom. The van der Waals surface area contributed by atoms with Gasteiger partial charge >= 0.3 is 0 Å². The topological polar surface area (TPSA) is 86.9 Å². The van der Waals surface area contributed by atoms with Crippen molar-refractivity contribution in [2.45, 2.75) is 24.6 Å². The third-order valence-corrected chi connectivity index (χ3v) is 6.22. The summed E-state index contributed by atoms with van der Waals surface area (Å²) in [6.07, 6.45) is 0. The summed E-state index contributed by atoms with van der Waals surface area (Å²) in [7, 11) is 0. The van der Waals surface area contributed by atoms with Gasteiger partial charge in [0.25, 0.3) is 4.21 Å². The van der Waals surface area contributed by atoms with E-state index in [0.717, 1.165) is 34.8 Å². The van der Waals surface area contributed by atoms with Gasteiger partial charge in [-0.3, -0.25) is 0 Å². The number of anilines is 1. The molecule has 1 unspecified atom stereocenters. The molecule has 126 valence electrons. The number of hydrogen-bond acceptors (Lipinski definition) is 6. The van der Waals surface area contributed by atoms with Crippen LogP contribution in [0.5, 0.6) is 0 Å². The van der Waals surface area contributed by atoms with Crippen molar-refractivity contribution in [3.63, 3.8) is 0 Å². The maximum Gasteiger partial charge on any atom is 0.253 e. The van der Waals surface area contributed by atoms with Crippen LogP contribution in [0.15, 0.2) is 22.4 Å². The van der Waals surface area contributed by atoms with Gasteiger partial charge in [0.1, 0.15) is 17.3 Å². The van der Waals surface area contributed by atoms with E-state index in [4.69, 9.17) is 5.73 Å². The molecule has 5 nitrogen and oxygen atoms in total. The summed E-state index contributed by atoms with van der Waals surface area (Å²) in [6.45, 7) is 3.60. The number of nitrogens with one attached hydrogen (secondary N) is 1. The second kappa shape index (κ2) is 6.60. The van der Waals surface area contributed by atoms with E-state index in [1.54, 1.807) is 0 Å². The largest absolute Gasteiger partial charge is 0.592 e. The molecule has 0 bridgehead atoms. The van der Waals surface area contributed by atoms with E-state index in [9.17, 15) is 13.3 Å². The summed E-state index contributed by atoms with van der Waals surface area (Å²) in [6, 6.07) is 3.13. The highest BCUT2D eigenvalue weighted by molar-refractivity contribution is 7.92. The zero-order valence-corrected chi connectivity index (χ0v) is 14.5. The van der Waals surface area contributed by atoms with Crippen LogP contribution in [0.25, 0.3) is 10.2 Å². The molecule has 2 heterocycles. The van der Waals surface area contributed by atoms with Gasteiger partial charge in [-0.1, -0.05) is 11.3 Å². The number of fused-ring (bicyclic) bond motifs is 1. The molecule has 2 aromatic heterocycles. The van der Waals surface area contributed by atoms with Crippen molar-refractivity contribution in [3.05, 3.63) is 46.7 Å². The lowest BCUT2D eigenvalue weighted by Gasteiger charge is -2.10. The van der Waals surface area contributed by atoms with Crippen LogP contribution in [-0.2, 0) is 17.9 Å². The molecule has 0 fully saturated rings. The fraction of sp³-hybridized carbons (Fsp3) is 0.200. The third-order valence-electron chi connectivity index (χ3n) is 3.67. The van der Waals surface area contributed by atoms with E-state index in [2.05, 4.69) is 14.9 Å². The molecule has 3 N–H and O–H groups in total. The quantitative estimate of drug-likeness (QED) is 0.692. The van der Waals surface area contributed by atoms with Crippen LogP contribution in [-0.4, -0.2) is 14.8 Å². The fourth-order valence-electron chi connectivity index (χ4n) is 2.25. The summed E-state index contributed by atoms with van der Waals surface area (Å²) in [5.41, 5.74) is 8.20. The zero-order chi connectivity index (χ0) is 17.4. The van der Waals surface area contributed by atoms with Crippen LogP contribution in [0, 0.1) is 25.5 Å². The number of hydrogen-bond donors (Lipinski definition) is 2. The number of halogens is 2. The number of aryl methyl sites for hydroxylation is 2. The normalized spacial score (nSPS) is 12.7. The maximum atomic E-state index is 13.6. The lowest BCUT2D eigenvalue weighted by atomic mass is 10.1. The molecule has 0 aliphatic heterocycles. The Morgan fingerprint density at radius 3 is 2.79 bits per heavy atom. The molecule has 0 saturated carbocycles. The Labute approximate surface area is 144 Å². The second-order valence-electron chi connectivity index (χ2n) is 5.22. The molecule has 9 heteroatoms. The van der Waals surface area contributed by atoms with Crippen molar-refractivity contribution in [1.29, 1.82) is 0 Å². The van der Waals surface area contributed by atoms with E-state index in [1.807, 2.05) is 13.8 Å². The van der Waals surface area contributed by atoms with Crippen molar-refractivity contribution in [2.24, 2.45) is 0 Å². The fourth-order valence-corrected chi connectivity index (χ4v) is 4.52. The molecule has 1 atom stereocenters. The summed E-state index contributed by atoms with van der Waals surface area (Å²) < 4.78 is 42.3. The van der Waals surface area contributed by atoms with Crippen LogP contribution in [0.4, 0.5) is 14.5 Å². The molecule has 0 saturated heterocycles. The Bertz CT molecular complexity index is 916. The molecule has 0 radical (unpaired) electrons. The number of benzene rings is 1. The third kappa shape index (κ3) is 3.07. The van der Waals surface area contributed by atoms with Crippen LogP contribution < -0.4 is 10.5 Å². The van der Waals surface area contributed by atoms with Crippen molar-refractivity contribution >= 4 is 38.6 Å². The molecule has 3 aromatic rings. The van der Waals surface area contributed by atoms with E-state index in [1.165, 1.54) is 11.3 Å². The Balaban J connectivity index is 1.86. The summed E-state index contributed by atoms with van der Waals surface area (Å²) in [4.78, 5) is 0.595. The molecule has 24 heavy (non-hydrogen) atoms. The molecule has 3 rings (SSSR count). The summed E-state index contributed by atoms with van der Waals surface area (Å²) in [5.74, 6) is -1.12. The Morgan fingerprint density at radius 1 is 1.29 bits per heavy atom. The number of thiophene rings is 1. The first-order valence-electron chi connectivity index (χ1n) is 6.99. The van der Waals surface area contributed by atoms with E-state index < -0.39 is 23.0 Å². The Hall–Kier alpha value is -1.81. The van der Waals surface area contributed by atoms with Crippen molar-refractivity contribution in [3.8, 4) is 0 Å². The predicted molar refractivity (Wildman–Crippen MR) is 90.9 cm³/mol. The molecular formula is C15H14F2N4OS2. The van der Waals surface area contributed by atoms with Crippen LogP contribution in [0.2, 0.25) is 0 Å². The minimum Gasteiger partial charge on any atom is -0.592 e. The SMILES string of the molecule is Cc1nnc2sc([S+]([O-])NCc3cc(F)ccc3F)c(N)c2c1C. The van der Waals surface area contributed by atoms with Gasteiger partial charge in [0, 0.05) is 10.9 Å². The van der Waals surface area contributed by atoms with E-state index >= 15 is 0 Å². The van der Waals surface area contributed by atoms with Gasteiger partial charge in [-0.15, -0.1) is 9.82 Å². The maximum absolute atomic E-state index is 13.6. The zero-order valence-electron chi connectivity index (χ0n) is 12.9. The van der Waals surface area contributed by atoms with Crippen LogP contribution in [0.1, 0.15) is 16.8 Å². The van der Waals surface area contributed by atoms with Crippen molar-refractivity contribution < 1.29 is 13.3 Å². The summed E-state index contributed by atoms with van der Waals surface area (Å²) in [5, 5.41) is 8.83. The van der Waals surface area contributed by atoms with Gasteiger partial charge in [0.05, 0.1) is 23.6 Å². The molecular weight excluding hydrogens is 354 g/mol. The van der Waals surface area contributed by atoms with E-state index in [0.29, 0.717) is 14.7 Å². The minimum absolute atomic E-state index is 0.0897. The molecule has 0 aliphatic rings. The number of nitrogen functional groups attached to an aromatic ring is 1. The first-order valence-corrected chi connectivity index (χ1v) is 8.96. The number of nitrogens with two attached hydrogens (primary N) is 1. The highest BCUT2D eigenvalue weighted by Crippen LogP contribution is 2.37. The van der Waals surface area contributed by atoms with Crippen molar-refractivity contribution in [2.75, 3.05) is 5.73 Å². The molecule has 0 amide bonds. The second-order valence-corrected chi connectivity index (χ2v) is 7.71. The average molecular weight is 368 g/mol. The van der Waals surface area contributed by atoms with Gasteiger partial charge in [0.15, 0.2) is 4.83 Å². The lowest BCUT2D eigenvalue weighted by Crippen LogP contribution is -2.23. The van der Waals surface area contributed by atoms with Gasteiger partial charge in [0.2, 0.25) is 0 Å². The first-order chi connectivity index (χ1) is 11.4. The van der Waals surface area contributed by atoms with Crippen molar-refractivity contribution in [1.82, 2.24) is 14.9 Å². The highest BCUT2D eigenvalue weighted by Gasteiger charge is 2.24. The van der Waals surface area contributed by atoms with Gasteiger partial charge in [-0.2, -0.15) is 5.10 Å². The number of aromatic nitrogens is 2. The van der Waals surface area contributed by atoms with Crippen LogP contribution in [0.3, 0.4) is 0 Å². The molecule has 0 spiro atoms. The monoisotopic (exact) mass is 368 g/mol. The van der Waals surface area contributed by atoms with Gasteiger partial charge < -0.3 is 10.3 Å².